The Labute approximate surface area is 90.3 Å². The fourth-order valence-corrected chi connectivity index (χ4v) is 2.26. The van der Waals surface area contributed by atoms with Crippen molar-refractivity contribution in [3.63, 3.8) is 0 Å². The summed E-state index contributed by atoms with van der Waals surface area (Å²) in [6, 6.07) is 0.519. The van der Waals surface area contributed by atoms with Gasteiger partial charge in [-0.25, -0.2) is 0 Å². The van der Waals surface area contributed by atoms with Gasteiger partial charge in [0.1, 0.15) is 0 Å². The molecule has 1 heterocycles. The van der Waals surface area contributed by atoms with Crippen molar-refractivity contribution in [2.75, 3.05) is 0 Å². The van der Waals surface area contributed by atoms with Crippen LogP contribution in [0.2, 0.25) is 0 Å². The molecule has 0 aromatic heterocycles. The van der Waals surface area contributed by atoms with E-state index < -0.39 is 5.97 Å². The Morgan fingerprint density at radius 3 is 2.20 bits per heavy atom. The van der Waals surface area contributed by atoms with E-state index in [1.165, 1.54) is 0 Å². The first-order valence-corrected chi connectivity index (χ1v) is 5.55. The maximum absolute atomic E-state index is 11.8. The fourth-order valence-electron chi connectivity index (χ4n) is 2.26. The second kappa shape index (κ2) is 5.14. The van der Waals surface area contributed by atoms with Gasteiger partial charge in [0.2, 0.25) is 5.91 Å². The number of carboxylic acid groups (broad SMARTS) is 1. The molecule has 0 aromatic rings. The van der Waals surface area contributed by atoms with E-state index >= 15 is 0 Å². The van der Waals surface area contributed by atoms with Crippen LogP contribution in [0.1, 0.15) is 46.0 Å². The van der Waals surface area contributed by atoms with Crippen molar-refractivity contribution >= 4 is 11.9 Å². The number of amides is 1. The molecule has 1 amide bonds. The quantitative estimate of drug-likeness (QED) is 0.775. The first kappa shape index (κ1) is 12.0. The summed E-state index contributed by atoms with van der Waals surface area (Å²) in [5, 5.41) is 8.52. The molecule has 1 aliphatic rings. The van der Waals surface area contributed by atoms with Crippen molar-refractivity contribution in [3.8, 4) is 0 Å². The third kappa shape index (κ3) is 3.22. The summed E-state index contributed by atoms with van der Waals surface area (Å²) in [6.07, 6.45) is 3.29. The van der Waals surface area contributed by atoms with Gasteiger partial charge in [-0.3, -0.25) is 9.59 Å². The summed E-state index contributed by atoms with van der Waals surface area (Å²) in [5.74, 6) is -0.919. The van der Waals surface area contributed by atoms with Crippen molar-refractivity contribution in [2.45, 2.75) is 58.0 Å². The smallest absolute Gasteiger partial charge is 0.303 e. The molecule has 1 aliphatic heterocycles. The molecular formula is C11H19NO3. The summed E-state index contributed by atoms with van der Waals surface area (Å²) in [6.45, 7) is 4.07. The third-order valence-electron chi connectivity index (χ3n) is 3.03. The molecule has 0 aliphatic carbocycles. The molecule has 2 unspecified atom stereocenters. The molecule has 1 rings (SSSR count). The average Bonchev–Trinajstić information content (AvgIpc) is 2.14. The number of hydrogen-bond donors (Lipinski definition) is 1. The van der Waals surface area contributed by atoms with E-state index in [-0.39, 0.29) is 30.8 Å². The molecule has 1 N–H and O–H groups in total. The van der Waals surface area contributed by atoms with Crippen LogP contribution in [-0.2, 0) is 9.59 Å². The first-order valence-electron chi connectivity index (χ1n) is 5.55. The zero-order valence-corrected chi connectivity index (χ0v) is 9.40. The van der Waals surface area contributed by atoms with E-state index in [9.17, 15) is 9.59 Å². The Morgan fingerprint density at radius 1 is 1.20 bits per heavy atom. The highest BCUT2D eigenvalue weighted by Crippen LogP contribution is 2.23. The second-order valence-corrected chi connectivity index (χ2v) is 4.32. The predicted molar refractivity (Wildman–Crippen MR) is 56.5 cm³/mol. The molecule has 0 radical (unpaired) electrons. The minimum atomic E-state index is -0.902. The van der Waals surface area contributed by atoms with E-state index in [1.54, 1.807) is 0 Å². The Hall–Kier alpha value is -1.06. The minimum Gasteiger partial charge on any atom is -0.481 e. The van der Waals surface area contributed by atoms with E-state index in [0.717, 1.165) is 19.3 Å². The minimum absolute atomic E-state index is 0.0166. The number of nitrogens with zero attached hydrogens (tertiary/aromatic N) is 1. The van der Waals surface area contributed by atoms with Crippen LogP contribution in [0.3, 0.4) is 0 Å². The zero-order chi connectivity index (χ0) is 11.4. The molecule has 4 heteroatoms. The molecule has 86 valence electrons. The van der Waals surface area contributed by atoms with Crippen LogP contribution in [0.5, 0.6) is 0 Å². The van der Waals surface area contributed by atoms with Gasteiger partial charge in [0.05, 0.1) is 6.42 Å². The number of carbonyl (C=O) groups is 2. The van der Waals surface area contributed by atoms with Crippen LogP contribution in [0, 0.1) is 0 Å². The Balaban J connectivity index is 2.51. The highest BCUT2D eigenvalue weighted by molar-refractivity contribution is 5.81. The number of rotatable bonds is 3. The van der Waals surface area contributed by atoms with Gasteiger partial charge in [-0.1, -0.05) is 0 Å². The summed E-state index contributed by atoms with van der Waals surface area (Å²) < 4.78 is 0. The van der Waals surface area contributed by atoms with Gasteiger partial charge in [-0.05, 0) is 33.1 Å². The molecular weight excluding hydrogens is 194 g/mol. The molecule has 1 saturated heterocycles. The van der Waals surface area contributed by atoms with Crippen LogP contribution in [0.25, 0.3) is 0 Å². The highest BCUT2D eigenvalue weighted by Gasteiger charge is 2.28. The van der Waals surface area contributed by atoms with E-state index in [2.05, 4.69) is 0 Å². The van der Waals surface area contributed by atoms with Crippen LogP contribution in [-0.4, -0.2) is 34.0 Å². The zero-order valence-electron chi connectivity index (χ0n) is 9.40. The van der Waals surface area contributed by atoms with Gasteiger partial charge in [-0.15, -0.1) is 0 Å². The molecule has 0 aromatic carbocycles. The van der Waals surface area contributed by atoms with Crippen LogP contribution in [0.15, 0.2) is 0 Å². The molecule has 4 nitrogen and oxygen atoms in total. The third-order valence-corrected chi connectivity index (χ3v) is 3.03. The van der Waals surface area contributed by atoms with Crippen LogP contribution >= 0.6 is 0 Å². The maximum Gasteiger partial charge on any atom is 0.303 e. The van der Waals surface area contributed by atoms with Crippen molar-refractivity contribution in [1.82, 2.24) is 4.90 Å². The van der Waals surface area contributed by atoms with Crippen LogP contribution in [0.4, 0.5) is 0 Å². The van der Waals surface area contributed by atoms with Crippen molar-refractivity contribution in [3.05, 3.63) is 0 Å². The molecule has 2 atom stereocenters. The van der Waals surface area contributed by atoms with Gasteiger partial charge in [-0.2, -0.15) is 0 Å². The van der Waals surface area contributed by atoms with Gasteiger partial charge < -0.3 is 10.0 Å². The van der Waals surface area contributed by atoms with Crippen LogP contribution < -0.4 is 0 Å². The molecule has 0 saturated carbocycles. The second-order valence-electron chi connectivity index (χ2n) is 4.32. The highest BCUT2D eigenvalue weighted by atomic mass is 16.4. The molecule has 0 spiro atoms. The van der Waals surface area contributed by atoms with Crippen molar-refractivity contribution in [2.24, 2.45) is 0 Å². The number of likely N-dealkylation sites (tertiary alicyclic amines) is 1. The Bertz CT molecular complexity index is 242. The van der Waals surface area contributed by atoms with Gasteiger partial charge in [0.25, 0.3) is 0 Å². The van der Waals surface area contributed by atoms with E-state index in [1.807, 2.05) is 18.7 Å². The lowest BCUT2D eigenvalue weighted by Gasteiger charge is -2.39. The average molecular weight is 213 g/mol. The SMILES string of the molecule is CC1CCCC(C)N1C(=O)CCC(=O)O. The largest absolute Gasteiger partial charge is 0.481 e. The number of carboxylic acids is 1. The topological polar surface area (TPSA) is 57.6 Å². The predicted octanol–water partition coefficient (Wildman–Crippen LogP) is 1.64. The molecule has 0 bridgehead atoms. The number of aliphatic carboxylic acids is 1. The van der Waals surface area contributed by atoms with Crippen molar-refractivity contribution < 1.29 is 14.7 Å². The normalized spacial score (nSPS) is 26.4. The number of piperidine rings is 1. The van der Waals surface area contributed by atoms with Gasteiger partial charge >= 0.3 is 5.97 Å². The molecule has 15 heavy (non-hydrogen) atoms. The summed E-state index contributed by atoms with van der Waals surface area (Å²) in [7, 11) is 0. The lowest BCUT2D eigenvalue weighted by atomic mass is 9.97. The van der Waals surface area contributed by atoms with Crippen molar-refractivity contribution in [1.29, 1.82) is 0 Å². The summed E-state index contributed by atoms with van der Waals surface area (Å²) in [5.41, 5.74) is 0. The van der Waals surface area contributed by atoms with Gasteiger partial charge in [0, 0.05) is 18.5 Å². The number of carbonyl (C=O) groups excluding carboxylic acids is 1. The summed E-state index contributed by atoms with van der Waals surface area (Å²) >= 11 is 0. The van der Waals surface area contributed by atoms with E-state index in [0.29, 0.717) is 0 Å². The number of hydrogen-bond acceptors (Lipinski definition) is 2. The van der Waals surface area contributed by atoms with E-state index in [4.69, 9.17) is 5.11 Å². The monoisotopic (exact) mass is 213 g/mol. The lowest BCUT2D eigenvalue weighted by molar-refractivity contribution is -0.143. The first-order chi connectivity index (χ1) is 7.02. The van der Waals surface area contributed by atoms with Gasteiger partial charge in [0.15, 0.2) is 0 Å². The Morgan fingerprint density at radius 2 is 1.73 bits per heavy atom. The fraction of sp³-hybridized carbons (Fsp3) is 0.818. The summed E-state index contributed by atoms with van der Waals surface area (Å²) in [4.78, 5) is 24.0. The Kier molecular flexibility index (Phi) is 4.12. The standard InChI is InChI=1S/C11H19NO3/c1-8-4-3-5-9(2)12(8)10(13)6-7-11(14)15/h8-9H,3-7H2,1-2H3,(H,14,15). The lowest BCUT2D eigenvalue weighted by Crippen LogP contribution is -2.47. The maximum atomic E-state index is 11.8. The molecule has 1 fully saturated rings.